The lowest BCUT2D eigenvalue weighted by Gasteiger charge is -2.09. The maximum absolute atomic E-state index is 13.4. The number of hydrogen-bond acceptors (Lipinski definition) is 7. The van der Waals surface area contributed by atoms with Crippen LogP contribution in [0, 0.1) is 6.92 Å². The van der Waals surface area contributed by atoms with Gasteiger partial charge in [0, 0.05) is 23.8 Å². The van der Waals surface area contributed by atoms with Crippen LogP contribution in [0.2, 0.25) is 0 Å². The van der Waals surface area contributed by atoms with Crippen LogP contribution < -0.4 is 10.0 Å². The van der Waals surface area contributed by atoms with Crippen LogP contribution in [0.3, 0.4) is 0 Å². The second-order valence-electron chi connectivity index (χ2n) is 6.83. The zero-order chi connectivity index (χ0) is 24.7. The average molecular weight is 556 g/mol. The van der Waals surface area contributed by atoms with E-state index >= 15 is 0 Å². The molecule has 0 fully saturated rings. The van der Waals surface area contributed by atoms with Crippen molar-refractivity contribution >= 4 is 49.1 Å². The second kappa shape index (κ2) is 8.64. The number of aromatic nitrogens is 5. The van der Waals surface area contributed by atoms with Gasteiger partial charge in [-0.3, -0.25) is 4.79 Å². The van der Waals surface area contributed by atoms with E-state index in [1.54, 1.807) is 0 Å². The first kappa shape index (κ1) is 23.6. The minimum absolute atomic E-state index is 0.0227. The number of alkyl halides is 3. The molecule has 2 N–H and O–H groups in total. The molecule has 0 aliphatic rings. The largest absolute Gasteiger partial charge is 0.433 e. The summed E-state index contributed by atoms with van der Waals surface area (Å²) in [7, 11) is -3.98. The minimum Gasteiger partial charge on any atom is -0.321 e. The summed E-state index contributed by atoms with van der Waals surface area (Å²) in [4.78, 5) is 24.2. The van der Waals surface area contributed by atoms with E-state index < -0.39 is 27.8 Å². The zero-order valence-corrected chi connectivity index (χ0v) is 19.4. The van der Waals surface area contributed by atoms with E-state index in [4.69, 9.17) is 0 Å². The number of halogens is 4. The number of amides is 1. The number of benzene rings is 1. The lowest BCUT2D eigenvalue weighted by molar-refractivity contribution is -0.142. The van der Waals surface area contributed by atoms with Crippen LogP contribution in [0.4, 0.5) is 24.8 Å². The van der Waals surface area contributed by atoms with Gasteiger partial charge in [0.25, 0.3) is 15.9 Å². The summed E-state index contributed by atoms with van der Waals surface area (Å²) in [5, 5.41) is 6.24. The van der Waals surface area contributed by atoms with Crippen LogP contribution in [0.25, 0.3) is 5.65 Å². The number of nitrogens with one attached hydrogen (secondary N) is 2. The van der Waals surface area contributed by atoms with Gasteiger partial charge in [0.05, 0.1) is 9.37 Å². The van der Waals surface area contributed by atoms with Gasteiger partial charge >= 0.3 is 6.18 Å². The fourth-order valence-corrected chi connectivity index (χ4v) is 4.37. The maximum Gasteiger partial charge on any atom is 0.433 e. The Morgan fingerprint density at radius 3 is 2.38 bits per heavy atom. The van der Waals surface area contributed by atoms with Gasteiger partial charge in [0.2, 0.25) is 5.95 Å². The van der Waals surface area contributed by atoms with Crippen LogP contribution in [0.15, 0.2) is 58.2 Å². The molecule has 4 rings (SSSR count). The van der Waals surface area contributed by atoms with Crippen LogP contribution in [-0.2, 0) is 16.2 Å². The van der Waals surface area contributed by atoms with Gasteiger partial charge in [-0.1, -0.05) is 0 Å². The van der Waals surface area contributed by atoms with Crippen molar-refractivity contribution in [2.24, 2.45) is 0 Å². The molecule has 34 heavy (non-hydrogen) atoms. The van der Waals surface area contributed by atoms with E-state index in [0.29, 0.717) is 4.52 Å². The first-order chi connectivity index (χ1) is 16.0. The average Bonchev–Trinajstić information content (AvgIpc) is 3.10. The molecule has 176 valence electrons. The number of rotatable bonds is 5. The Hall–Kier alpha value is -3.59. The fourth-order valence-electron chi connectivity index (χ4n) is 2.90. The quantitative estimate of drug-likeness (QED) is 0.384. The first-order valence-electron chi connectivity index (χ1n) is 9.30. The molecule has 0 radical (unpaired) electrons. The fraction of sp³-hybridized carbons (Fsp3) is 0.105. The van der Waals surface area contributed by atoms with E-state index in [9.17, 15) is 26.4 Å². The number of nitrogens with zero attached hydrogens (tertiary/aromatic N) is 5. The number of sulfonamides is 1. The molecule has 3 heterocycles. The van der Waals surface area contributed by atoms with Gasteiger partial charge in [-0.05, 0) is 59.3 Å². The van der Waals surface area contributed by atoms with Crippen molar-refractivity contribution < 1.29 is 26.4 Å². The molecule has 0 aliphatic carbocycles. The predicted molar refractivity (Wildman–Crippen MR) is 118 cm³/mol. The summed E-state index contributed by atoms with van der Waals surface area (Å²) >= 11 is 3.10. The maximum atomic E-state index is 13.4. The smallest absolute Gasteiger partial charge is 0.321 e. The molecule has 0 bridgehead atoms. The Bertz CT molecular complexity index is 1490. The van der Waals surface area contributed by atoms with Crippen molar-refractivity contribution in [3.63, 3.8) is 0 Å². The van der Waals surface area contributed by atoms with Crippen molar-refractivity contribution in [1.82, 2.24) is 24.6 Å². The van der Waals surface area contributed by atoms with Gasteiger partial charge in [-0.2, -0.15) is 18.3 Å². The Balaban J connectivity index is 1.58. The molecule has 10 nitrogen and oxygen atoms in total. The molecule has 4 aromatic rings. The van der Waals surface area contributed by atoms with Gasteiger partial charge in [0.15, 0.2) is 11.3 Å². The van der Waals surface area contributed by atoms with Gasteiger partial charge in [-0.25, -0.2) is 32.6 Å². The standard InChI is InChI=1S/C19H13BrF3N7O3S/c1-10-9-13(19(21,22)23)30-16(26-10)14(20)15(28-30)17(31)27-11-3-5-12(6-4-11)34(32,33)29-18-24-7-2-8-25-18/h2-9H,1H3,(H,27,31)(H,24,25,29). The number of aryl methyl sites for hydroxylation is 1. The number of hydrogen-bond donors (Lipinski definition) is 2. The third-order valence-electron chi connectivity index (χ3n) is 4.38. The van der Waals surface area contributed by atoms with Crippen LogP contribution in [0.5, 0.6) is 0 Å². The van der Waals surface area contributed by atoms with Crippen LogP contribution in [0.1, 0.15) is 21.9 Å². The summed E-state index contributed by atoms with van der Waals surface area (Å²) in [5.41, 5.74) is -1.31. The Labute approximate surface area is 198 Å². The summed E-state index contributed by atoms with van der Waals surface area (Å²) < 4.78 is 67.8. The molecule has 0 atom stereocenters. The lowest BCUT2D eigenvalue weighted by Crippen LogP contribution is -2.16. The molecule has 1 aromatic carbocycles. The number of carbonyl (C=O) groups excluding carboxylic acids is 1. The van der Waals surface area contributed by atoms with Crippen LogP contribution >= 0.6 is 15.9 Å². The molecular formula is C19H13BrF3N7O3S. The molecule has 0 unspecified atom stereocenters. The van der Waals surface area contributed by atoms with E-state index in [1.807, 2.05) is 0 Å². The van der Waals surface area contributed by atoms with E-state index in [2.05, 4.69) is 46.0 Å². The predicted octanol–water partition coefficient (Wildman–Crippen LogP) is 3.66. The van der Waals surface area contributed by atoms with Crippen molar-refractivity contribution in [2.45, 2.75) is 18.0 Å². The number of fused-ring (bicyclic) bond motifs is 1. The highest BCUT2D eigenvalue weighted by atomic mass is 79.9. The summed E-state index contributed by atoms with van der Waals surface area (Å²) in [6.45, 7) is 1.39. The minimum atomic E-state index is -4.72. The normalized spacial score (nSPS) is 12.0. The Morgan fingerprint density at radius 1 is 1.12 bits per heavy atom. The molecule has 3 aromatic heterocycles. The van der Waals surface area contributed by atoms with Crippen molar-refractivity contribution in [2.75, 3.05) is 10.0 Å². The van der Waals surface area contributed by atoms with E-state index in [0.717, 1.165) is 6.07 Å². The first-order valence-corrected chi connectivity index (χ1v) is 11.6. The lowest BCUT2D eigenvalue weighted by atomic mass is 10.3. The Morgan fingerprint density at radius 2 is 1.76 bits per heavy atom. The molecule has 0 saturated carbocycles. The topological polar surface area (TPSA) is 131 Å². The van der Waals surface area contributed by atoms with Crippen molar-refractivity contribution in [1.29, 1.82) is 0 Å². The van der Waals surface area contributed by atoms with E-state index in [1.165, 1.54) is 49.6 Å². The SMILES string of the molecule is Cc1cc(C(F)(F)F)n2nc(C(=O)Nc3ccc(S(=O)(=O)Nc4ncccn4)cc3)c(Br)c2n1. The molecule has 1 amide bonds. The van der Waals surface area contributed by atoms with Crippen LogP contribution in [-0.4, -0.2) is 38.9 Å². The van der Waals surface area contributed by atoms with Crippen molar-refractivity contribution in [3.8, 4) is 0 Å². The zero-order valence-electron chi connectivity index (χ0n) is 17.0. The summed E-state index contributed by atoms with van der Waals surface area (Å²) in [5.74, 6) is -0.937. The van der Waals surface area contributed by atoms with Gasteiger partial charge in [-0.15, -0.1) is 0 Å². The number of anilines is 2. The monoisotopic (exact) mass is 555 g/mol. The molecule has 0 aliphatic heterocycles. The molecule has 0 spiro atoms. The molecule has 15 heteroatoms. The highest BCUT2D eigenvalue weighted by molar-refractivity contribution is 9.10. The molecular weight excluding hydrogens is 543 g/mol. The van der Waals surface area contributed by atoms with Gasteiger partial charge < -0.3 is 5.32 Å². The Kier molecular flexibility index (Phi) is 5.99. The van der Waals surface area contributed by atoms with Crippen molar-refractivity contribution in [3.05, 3.63) is 70.3 Å². The number of carbonyl (C=O) groups is 1. The van der Waals surface area contributed by atoms with E-state index in [-0.39, 0.29) is 38.0 Å². The molecule has 0 saturated heterocycles. The second-order valence-corrected chi connectivity index (χ2v) is 9.31. The third kappa shape index (κ3) is 4.70. The summed E-state index contributed by atoms with van der Waals surface area (Å²) in [6, 6.07) is 7.43. The van der Waals surface area contributed by atoms with Gasteiger partial charge in [0.1, 0.15) is 5.69 Å². The summed E-state index contributed by atoms with van der Waals surface area (Å²) in [6.07, 6.45) is -1.98. The third-order valence-corrected chi connectivity index (χ3v) is 6.45. The highest BCUT2D eigenvalue weighted by Crippen LogP contribution is 2.32. The highest BCUT2D eigenvalue weighted by Gasteiger charge is 2.36.